The fourth-order valence-corrected chi connectivity index (χ4v) is 6.45. The molecule has 1 aliphatic rings. The van der Waals surface area contributed by atoms with Crippen molar-refractivity contribution in [1.82, 2.24) is 24.6 Å². The Hall–Kier alpha value is -3.38. The van der Waals surface area contributed by atoms with Crippen molar-refractivity contribution in [1.29, 1.82) is 0 Å². The summed E-state index contributed by atoms with van der Waals surface area (Å²) in [6, 6.07) is 7.65. The van der Waals surface area contributed by atoms with Gasteiger partial charge in [-0.25, -0.2) is 14.5 Å². The maximum absolute atomic E-state index is 16.2. The molecule has 214 valence electrons. The average Bonchev–Trinajstić information content (AvgIpc) is 3.46. The number of benzene rings is 1. The lowest BCUT2D eigenvalue weighted by Gasteiger charge is -2.27. The molecule has 0 radical (unpaired) electrons. The molecule has 0 bridgehead atoms. The lowest BCUT2D eigenvalue weighted by molar-refractivity contribution is -0.144. The SMILES string of the molecule is C#C[C@@]1(F)[C@H](O)[C@@H](COP(=S)(N[C@H](C)C(=O)OCC)Oc2ccccc2)O[C@H]1n1cnc2c(NC)nc(N)nc21. The van der Waals surface area contributed by atoms with E-state index in [-0.39, 0.29) is 23.7 Å². The van der Waals surface area contributed by atoms with Crippen molar-refractivity contribution < 1.29 is 32.8 Å². The van der Waals surface area contributed by atoms with Crippen LogP contribution >= 0.6 is 6.64 Å². The molecule has 13 nitrogen and oxygen atoms in total. The fourth-order valence-electron chi connectivity index (χ4n) is 4.03. The number of alkyl halides is 1. The average molecular weight is 594 g/mol. The predicted molar refractivity (Wildman–Crippen MR) is 148 cm³/mol. The van der Waals surface area contributed by atoms with E-state index in [2.05, 4.69) is 25.4 Å². The van der Waals surface area contributed by atoms with Crippen LogP contribution in [0.1, 0.15) is 20.1 Å². The number of ether oxygens (including phenoxy) is 2. The van der Waals surface area contributed by atoms with E-state index in [0.29, 0.717) is 11.6 Å². The number of nitrogens with zero attached hydrogens (tertiary/aromatic N) is 4. The van der Waals surface area contributed by atoms with Crippen LogP contribution in [-0.2, 0) is 30.6 Å². The molecule has 6 atom stereocenters. The smallest absolute Gasteiger partial charge is 0.323 e. The van der Waals surface area contributed by atoms with Crippen molar-refractivity contribution in [3.05, 3.63) is 36.7 Å². The molecule has 0 aliphatic carbocycles. The van der Waals surface area contributed by atoms with Crippen LogP contribution in [0, 0.1) is 12.3 Å². The van der Waals surface area contributed by atoms with Crippen molar-refractivity contribution in [2.45, 2.75) is 44.0 Å². The number of rotatable bonds is 11. The highest BCUT2D eigenvalue weighted by molar-refractivity contribution is 8.09. The number of halogens is 1. The molecular formula is C24H29FN7O6PS. The van der Waals surface area contributed by atoms with Gasteiger partial charge in [0.15, 0.2) is 23.2 Å². The van der Waals surface area contributed by atoms with Crippen molar-refractivity contribution in [2.24, 2.45) is 0 Å². The van der Waals surface area contributed by atoms with Crippen molar-refractivity contribution in [3.63, 3.8) is 0 Å². The number of para-hydroxylation sites is 1. The van der Waals surface area contributed by atoms with Gasteiger partial charge in [0.1, 0.15) is 24.0 Å². The summed E-state index contributed by atoms with van der Waals surface area (Å²) in [4.78, 5) is 24.7. The largest absolute Gasteiger partial charge is 0.465 e. The molecule has 0 saturated carbocycles. The van der Waals surface area contributed by atoms with Crippen LogP contribution in [0.2, 0.25) is 0 Å². The number of hydrogen-bond donors (Lipinski definition) is 4. The molecule has 3 aromatic rings. The first kappa shape index (κ1) is 29.6. The number of imidazole rings is 1. The summed E-state index contributed by atoms with van der Waals surface area (Å²) in [7, 11) is 1.61. The van der Waals surface area contributed by atoms with Gasteiger partial charge in [-0.2, -0.15) is 9.97 Å². The molecule has 3 heterocycles. The van der Waals surface area contributed by atoms with Gasteiger partial charge in [-0.1, -0.05) is 24.1 Å². The van der Waals surface area contributed by atoms with Gasteiger partial charge in [-0.15, -0.1) is 6.42 Å². The molecule has 1 fully saturated rings. The molecular weight excluding hydrogens is 564 g/mol. The Kier molecular flexibility index (Phi) is 8.89. The van der Waals surface area contributed by atoms with Crippen LogP contribution in [0.25, 0.3) is 11.2 Å². The van der Waals surface area contributed by atoms with Gasteiger partial charge < -0.3 is 34.7 Å². The van der Waals surface area contributed by atoms with Crippen molar-refractivity contribution in [3.8, 4) is 18.1 Å². The Balaban J connectivity index is 1.60. The number of esters is 1. The second-order valence-corrected chi connectivity index (χ2v) is 11.8. The maximum atomic E-state index is 16.2. The molecule has 40 heavy (non-hydrogen) atoms. The Morgan fingerprint density at radius 2 is 2.15 bits per heavy atom. The zero-order valence-electron chi connectivity index (χ0n) is 21.9. The Morgan fingerprint density at radius 1 is 1.43 bits per heavy atom. The lowest BCUT2D eigenvalue weighted by Crippen LogP contribution is -2.42. The van der Waals surface area contributed by atoms with Crippen LogP contribution in [0.5, 0.6) is 5.75 Å². The quantitative estimate of drug-likeness (QED) is 0.145. The molecule has 5 N–H and O–H groups in total. The van der Waals surface area contributed by atoms with Crippen LogP contribution in [0.15, 0.2) is 36.7 Å². The summed E-state index contributed by atoms with van der Waals surface area (Å²) in [5, 5.41) is 16.7. The van der Waals surface area contributed by atoms with E-state index in [1.807, 2.05) is 5.92 Å². The maximum Gasteiger partial charge on any atom is 0.323 e. The van der Waals surface area contributed by atoms with Crippen molar-refractivity contribution in [2.75, 3.05) is 31.3 Å². The summed E-state index contributed by atoms with van der Waals surface area (Å²) in [6.07, 6.45) is 2.12. The van der Waals surface area contributed by atoms with E-state index in [1.54, 1.807) is 44.3 Å². The summed E-state index contributed by atoms with van der Waals surface area (Å²) in [5.41, 5.74) is 3.52. The standard InChI is InChI=1S/C24H29FN7O6PS/c1-5-24(25)18(33)16(37-22(24)32-13-28-17-19(27-4)29-23(26)30-20(17)32)12-36-39(40,31-14(3)21(34)35-6-2)38-15-10-8-7-9-11-15/h1,7-11,13-14,16,18,22,33H,6,12H2,2-4H3,(H,31,40)(H3,26,27,29,30)/t14-,16-,18-,22-,24-,39?/m1/s1. The van der Waals surface area contributed by atoms with E-state index in [4.69, 9.17) is 42.5 Å². The molecule has 1 aromatic carbocycles. The number of anilines is 2. The second-order valence-electron chi connectivity index (χ2n) is 8.69. The summed E-state index contributed by atoms with van der Waals surface area (Å²) < 4.78 is 40.2. The molecule has 1 unspecified atom stereocenters. The van der Waals surface area contributed by atoms with Gasteiger partial charge in [0, 0.05) is 7.05 Å². The number of nitrogens with one attached hydrogen (secondary N) is 2. The lowest BCUT2D eigenvalue weighted by atomic mass is 9.97. The predicted octanol–water partition coefficient (Wildman–Crippen LogP) is 1.91. The van der Waals surface area contributed by atoms with Gasteiger partial charge in [0.05, 0.1) is 19.5 Å². The summed E-state index contributed by atoms with van der Waals surface area (Å²) >= 11 is 5.66. The van der Waals surface area contributed by atoms with E-state index < -0.39 is 49.4 Å². The number of fused-ring (bicyclic) bond motifs is 1. The number of terminal acetylenes is 1. The van der Waals surface area contributed by atoms with Gasteiger partial charge in [-0.05, 0) is 37.8 Å². The third-order valence-electron chi connectivity index (χ3n) is 5.96. The highest BCUT2D eigenvalue weighted by Gasteiger charge is 2.58. The number of carbonyl (C=O) groups is 1. The molecule has 0 amide bonds. The molecule has 0 spiro atoms. The summed E-state index contributed by atoms with van der Waals surface area (Å²) in [5.74, 6) is 2.02. The highest BCUT2D eigenvalue weighted by atomic mass is 32.5. The van der Waals surface area contributed by atoms with Gasteiger partial charge in [0.25, 0.3) is 0 Å². The number of carbonyl (C=O) groups excluding carboxylic acids is 1. The van der Waals surface area contributed by atoms with Crippen LogP contribution in [0.3, 0.4) is 0 Å². The topological polar surface area (TPSA) is 168 Å². The normalized spacial score (nSPS) is 24.6. The van der Waals surface area contributed by atoms with Gasteiger partial charge in [-0.3, -0.25) is 9.36 Å². The second kappa shape index (κ2) is 12.0. The number of aromatic nitrogens is 4. The third-order valence-corrected chi connectivity index (χ3v) is 8.46. The first-order chi connectivity index (χ1) is 19.0. The molecule has 1 aliphatic heterocycles. The number of nitrogens with two attached hydrogens (primary N) is 1. The zero-order chi connectivity index (χ0) is 29.1. The minimum absolute atomic E-state index is 0.0947. The van der Waals surface area contributed by atoms with E-state index in [0.717, 1.165) is 0 Å². The van der Waals surface area contributed by atoms with Crippen LogP contribution in [-0.4, -0.2) is 74.8 Å². The zero-order valence-corrected chi connectivity index (χ0v) is 23.6. The molecule has 1 saturated heterocycles. The first-order valence-corrected chi connectivity index (χ1v) is 14.8. The van der Waals surface area contributed by atoms with Crippen LogP contribution in [0.4, 0.5) is 16.2 Å². The van der Waals surface area contributed by atoms with E-state index in [9.17, 15) is 9.90 Å². The van der Waals surface area contributed by atoms with Gasteiger partial charge in [0.2, 0.25) is 11.6 Å². The molecule has 4 rings (SSSR count). The highest BCUT2D eigenvalue weighted by Crippen LogP contribution is 2.48. The third kappa shape index (κ3) is 5.87. The Morgan fingerprint density at radius 3 is 2.80 bits per heavy atom. The van der Waals surface area contributed by atoms with E-state index >= 15 is 4.39 Å². The number of aliphatic hydroxyl groups is 1. The van der Waals surface area contributed by atoms with Crippen molar-refractivity contribution >= 4 is 47.3 Å². The molecule has 2 aromatic heterocycles. The first-order valence-electron chi connectivity index (χ1n) is 12.2. The number of hydrogen-bond acceptors (Lipinski definition) is 12. The van der Waals surface area contributed by atoms with E-state index in [1.165, 1.54) is 17.8 Å². The Bertz CT molecular complexity index is 1460. The van der Waals surface area contributed by atoms with Crippen LogP contribution < -0.4 is 20.7 Å². The summed E-state index contributed by atoms with van der Waals surface area (Å²) in [6.45, 7) is -0.555. The van der Waals surface area contributed by atoms with Gasteiger partial charge >= 0.3 is 12.6 Å². The Labute approximate surface area is 234 Å². The minimum atomic E-state index is -3.49. The number of aliphatic hydroxyl groups excluding tert-OH is 1. The number of nitrogen functional groups attached to an aromatic ring is 1. The monoisotopic (exact) mass is 593 g/mol. The molecule has 16 heteroatoms. The minimum Gasteiger partial charge on any atom is -0.465 e. The fraction of sp³-hybridized carbons (Fsp3) is 0.417.